The summed E-state index contributed by atoms with van der Waals surface area (Å²) in [5, 5.41) is 50.1. The van der Waals surface area contributed by atoms with Crippen molar-refractivity contribution in [3.63, 3.8) is 0 Å². The number of allylic oxidation sites excluding steroid dienone is 6. The number of unbranched alkanes of at least 4 members (excludes halogenated alkanes) is 17. The first-order valence-electron chi connectivity index (χ1n) is 21.3. The molecule has 0 saturated heterocycles. The summed E-state index contributed by atoms with van der Waals surface area (Å²) in [4.78, 5) is 23.1. The third-order valence-corrected chi connectivity index (χ3v) is 10.7. The SMILES string of the molecule is CCCCC/C=C\C/C=C\CCCCCCCC(=O)OC(COCCCCCCCC/C=C\CCCCC)COP(=O)(O)OC1C(O)C(O)C(O)C(O)C1O. The van der Waals surface area contributed by atoms with Crippen LogP contribution in [0.1, 0.15) is 162 Å². The number of aliphatic hydroxyl groups is 5. The predicted octanol–water partition coefficient (Wildman–Crippen LogP) is 7.92. The first-order valence-corrected chi connectivity index (χ1v) is 22.8. The summed E-state index contributed by atoms with van der Waals surface area (Å²) in [6.45, 7) is 4.16. The van der Waals surface area contributed by atoms with E-state index < -0.39 is 63.1 Å². The van der Waals surface area contributed by atoms with Gasteiger partial charge >= 0.3 is 13.8 Å². The van der Waals surface area contributed by atoms with Crippen molar-refractivity contribution >= 4 is 13.8 Å². The summed E-state index contributed by atoms with van der Waals surface area (Å²) in [6, 6.07) is 0. The molecule has 0 radical (unpaired) electrons. The number of hydrogen-bond donors (Lipinski definition) is 6. The van der Waals surface area contributed by atoms with Gasteiger partial charge in [0, 0.05) is 13.0 Å². The Morgan fingerprint density at radius 2 is 1.02 bits per heavy atom. The van der Waals surface area contributed by atoms with Crippen molar-refractivity contribution in [2.24, 2.45) is 0 Å². The lowest BCUT2D eigenvalue weighted by molar-refractivity contribution is -0.220. The Hall–Kier alpha value is -1.44. The summed E-state index contributed by atoms with van der Waals surface area (Å²) >= 11 is 0. The second-order valence-electron chi connectivity index (χ2n) is 14.8. The molecule has 1 aliphatic rings. The normalized spacial score (nSPS) is 23.6. The van der Waals surface area contributed by atoms with Crippen LogP contribution < -0.4 is 0 Å². The highest BCUT2D eigenvalue weighted by Gasteiger charge is 2.51. The molecule has 0 aromatic heterocycles. The quantitative estimate of drug-likeness (QED) is 0.0157. The Morgan fingerprint density at radius 1 is 0.582 bits per heavy atom. The summed E-state index contributed by atoms with van der Waals surface area (Å²) in [7, 11) is -5.02. The highest BCUT2D eigenvalue weighted by molar-refractivity contribution is 7.47. The summed E-state index contributed by atoms with van der Waals surface area (Å²) in [5.74, 6) is -0.495. The first-order chi connectivity index (χ1) is 26.5. The standard InChI is InChI=1S/C42H77O12P/c1-3-5-7-9-11-13-15-17-18-19-21-23-25-27-29-31-36(43)53-35(33-51-32-30-28-26-24-22-20-16-14-12-10-8-6-4-2)34-52-55(49,50)54-42-40(47)38(45)37(44)39(46)41(42)48/h11-14,17-18,35,37-42,44-48H,3-10,15-16,19-34H2,1-2H3,(H,49,50)/b13-11-,14-12-,18-17-. The van der Waals surface area contributed by atoms with Crippen LogP contribution in [0.25, 0.3) is 0 Å². The Kier molecular flexibility index (Phi) is 31.4. The largest absolute Gasteiger partial charge is 0.472 e. The van der Waals surface area contributed by atoms with Gasteiger partial charge in [-0.15, -0.1) is 0 Å². The molecule has 0 heterocycles. The predicted molar refractivity (Wildman–Crippen MR) is 216 cm³/mol. The average molecular weight is 805 g/mol. The van der Waals surface area contributed by atoms with Crippen molar-refractivity contribution in [1.82, 2.24) is 0 Å². The zero-order valence-electron chi connectivity index (χ0n) is 34.0. The lowest BCUT2D eigenvalue weighted by Crippen LogP contribution is -2.64. The molecule has 0 spiro atoms. The molecule has 1 fully saturated rings. The molecule has 0 aromatic carbocycles. The molecule has 13 heteroatoms. The van der Waals surface area contributed by atoms with Crippen molar-refractivity contribution in [3.05, 3.63) is 36.5 Å². The molecule has 322 valence electrons. The van der Waals surface area contributed by atoms with E-state index in [2.05, 4.69) is 50.3 Å². The van der Waals surface area contributed by atoms with E-state index in [4.69, 9.17) is 18.5 Å². The number of carbonyl (C=O) groups excluding carboxylic acids is 1. The molecule has 1 rings (SSSR count). The fourth-order valence-corrected chi connectivity index (χ4v) is 7.23. The maximum Gasteiger partial charge on any atom is 0.472 e. The topological polar surface area (TPSA) is 192 Å². The summed E-state index contributed by atoms with van der Waals surface area (Å²) in [5.41, 5.74) is 0. The van der Waals surface area contributed by atoms with Crippen LogP contribution >= 0.6 is 7.82 Å². The number of rotatable bonds is 35. The molecule has 6 N–H and O–H groups in total. The van der Waals surface area contributed by atoms with Crippen molar-refractivity contribution in [2.75, 3.05) is 19.8 Å². The molecular weight excluding hydrogens is 727 g/mol. The fourth-order valence-electron chi connectivity index (χ4n) is 6.26. The van der Waals surface area contributed by atoms with Crippen LogP contribution in [0.15, 0.2) is 36.5 Å². The monoisotopic (exact) mass is 805 g/mol. The van der Waals surface area contributed by atoms with Gasteiger partial charge in [0.15, 0.2) is 0 Å². The van der Waals surface area contributed by atoms with Crippen molar-refractivity contribution in [3.8, 4) is 0 Å². The van der Waals surface area contributed by atoms with Crippen LogP contribution in [0.4, 0.5) is 0 Å². The van der Waals surface area contributed by atoms with E-state index in [1.54, 1.807) is 0 Å². The van der Waals surface area contributed by atoms with Crippen molar-refractivity contribution in [2.45, 2.75) is 204 Å². The molecule has 1 saturated carbocycles. The van der Waals surface area contributed by atoms with Crippen LogP contribution in [-0.4, -0.2) is 98.9 Å². The average Bonchev–Trinajstić information content (AvgIpc) is 3.17. The Balaban J connectivity index is 2.46. The van der Waals surface area contributed by atoms with E-state index in [1.807, 2.05) is 0 Å². The van der Waals surface area contributed by atoms with E-state index in [1.165, 1.54) is 57.8 Å². The molecule has 6 unspecified atom stereocenters. The molecule has 12 nitrogen and oxygen atoms in total. The number of phosphoric ester groups is 1. The van der Waals surface area contributed by atoms with Gasteiger partial charge in [-0.05, 0) is 70.6 Å². The van der Waals surface area contributed by atoms with E-state index in [-0.39, 0.29) is 13.0 Å². The van der Waals surface area contributed by atoms with E-state index in [9.17, 15) is 39.8 Å². The highest BCUT2D eigenvalue weighted by atomic mass is 31.2. The van der Waals surface area contributed by atoms with E-state index in [0.717, 1.165) is 77.0 Å². The van der Waals surface area contributed by atoms with Crippen molar-refractivity contribution < 1.29 is 58.3 Å². The zero-order chi connectivity index (χ0) is 40.6. The van der Waals surface area contributed by atoms with Gasteiger partial charge in [-0.3, -0.25) is 13.8 Å². The van der Waals surface area contributed by atoms with Gasteiger partial charge < -0.3 is 39.9 Å². The van der Waals surface area contributed by atoms with Crippen molar-refractivity contribution in [1.29, 1.82) is 0 Å². The number of hydrogen-bond acceptors (Lipinski definition) is 11. The van der Waals surface area contributed by atoms with Gasteiger partial charge in [0.05, 0.1) is 13.2 Å². The minimum Gasteiger partial charge on any atom is -0.457 e. The molecule has 0 bridgehead atoms. The highest BCUT2D eigenvalue weighted by Crippen LogP contribution is 2.47. The van der Waals surface area contributed by atoms with E-state index >= 15 is 0 Å². The van der Waals surface area contributed by atoms with Crippen LogP contribution in [0.2, 0.25) is 0 Å². The van der Waals surface area contributed by atoms with Gasteiger partial charge in [0.1, 0.15) is 42.7 Å². The lowest BCUT2D eigenvalue weighted by Gasteiger charge is -2.41. The molecule has 0 aliphatic heterocycles. The van der Waals surface area contributed by atoms with Crippen LogP contribution in [0.3, 0.4) is 0 Å². The number of ether oxygens (including phenoxy) is 2. The molecule has 55 heavy (non-hydrogen) atoms. The van der Waals surface area contributed by atoms with E-state index in [0.29, 0.717) is 13.0 Å². The minimum atomic E-state index is -5.02. The Bertz CT molecular complexity index is 1050. The molecule has 0 amide bonds. The Morgan fingerprint density at radius 3 is 1.55 bits per heavy atom. The number of phosphoric acid groups is 1. The van der Waals surface area contributed by atoms with Gasteiger partial charge in [-0.1, -0.05) is 121 Å². The number of carbonyl (C=O) groups is 1. The zero-order valence-corrected chi connectivity index (χ0v) is 34.9. The second-order valence-corrected chi connectivity index (χ2v) is 16.2. The second kappa shape index (κ2) is 33.5. The maximum atomic E-state index is 12.8. The summed E-state index contributed by atoms with van der Waals surface area (Å²) < 4.78 is 34.1. The van der Waals surface area contributed by atoms with Crippen LogP contribution in [0, 0.1) is 0 Å². The lowest BCUT2D eigenvalue weighted by atomic mass is 9.85. The summed E-state index contributed by atoms with van der Waals surface area (Å²) in [6.07, 6.45) is 25.0. The molecule has 0 aromatic rings. The molecule has 1 aliphatic carbocycles. The number of esters is 1. The van der Waals surface area contributed by atoms with Gasteiger partial charge in [-0.2, -0.15) is 0 Å². The smallest absolute Gasteiger partial charge is 0.457 e. The number of aliphatic hydroxyl groups excluding tert-OH is 5. The third kappa shape index (κ3) is 26.2. The molecule has 6 atom stereocenters. The Labute approximate surface area is 332 Å². The van der Waals surface area contributed by atoms with Crippen LogP contribution in [0.5, 0.6) is 0 Å². The minimum absolute atomic E-state index is 0.0865. The third-order valence-electron chi connectivity index (χ3n) is 9.74. The first kappa shape index (κ1) is 51.6. The van der Waals surface area contributed by atoms with Crippen LogP contribution in [-0.2, 0) is 27.9 Å². The van der Waals surface area contributed by atoms with Gasteiger partial charge in [0.2, 0.25) is 0 Å². The molecular formula is C42H77O12P. The maximum absolute atomic E-state index is 12.8. The fraction of sp³-hybridized carbons (Fsp3) is 0.833. The van der Waals surface area contributed by atoms with Gasteiger partial charge in [0.25, 0.3) is 0 Å². The van der Waals surface area contributed by atoms with Gasteiger partial charge in [-0.25, -0.2) is 4.57 Å².